The van der Waals surface area contributed by atoms with Crippen molar-refractivity contribution in [2.45, 2.75) is 19.9 Å². The minimum absolute atomic E-state index is 0.244. The van der Waals surface area contributed by atoms with Crippen molar-refractivity contribution in [2.75, 3.05) is 7.11 Å². The number of hydrogen-bond donors (Lipinski definition) is 0. The van der Waals surface area contributed by atoms with E-state index in [-0.39, 0.29) is 12.0 Å². The molecule has 0 fully saturated rings. The lowest BCUT2D eigenvalue weighted by molar-refractivity contribution is 0.0601. The molecular formula is C11H13N3O2. The number of rotatable bonds is 2. The van der Waals surface area contributed by atoms with Crippen molar-refractivity contribution in [3.05, 3.63) is 23.8 Å². The zero-order valence-corrected chi connectivity index (χ0v) is 9.47. The lowest BCUT2D eigenvalue weighted by atomic mass is 10.2. The normalized spacial score (nSPS) is 11.0. The van der Waals surface area contributed by atoms with Gasteiger partial charge < -0.3 is 4.74 Å². The number of esters is 1. The molecule has 0 aliphatic carbocycles. The standard InChI is InChI=1S/C11H13N3O2/c1-7(2)14-10-5-4-8(11(15)16-3)6-9(10)12-13-14/h4-7H,1-3H3. The van der Waals surface area contributed by atoms with Gasteiger partial charge in [-0.05, 0) is 32.0 Å². The highest BCUT2D eigenvalue weighted by Gasteiger charge is 2.11. The second kappa shape index (κ2) is 3.92. The van der Waals surface area contributed by atoms with Crippen molar-refractivity contribution in [1.29, 1.82) is 0 Å². The van der Waals surface area contributed by atoms with E-state index < -0.39 is 0 Å². The van der Waals surface area contributed by atoms with Gasteiger partial charge in [-0.2, -0.15) is 0 Å². The molecule has 16 heavy (non-hydrogen) atoms. The van der Waals surface area contributed by atoms with Crippen molar-refractivity contribution < 1.29 is 9.53 Å². The van der Waals surface area contributed by atoms with E-state index >= 15 is 0 Å². The van der Waals surface area contributed by atoms with Crippen LogP contribution in [-0.2, 0) is 4.74 Å². The summed E-state index contributed by atoms with van der Waals surface area (Å²) in [5.41, 5.74) is 2.12. The molecule has 0 saturated carbocycles. The molecule has 1 aromatic carbocycles. The van der Waals surface area contributed by atoms with Crippen LogP contribution in [0.1, 0.15) is 30.2 Å². The van der Waals surface area contributed by atoms with Gasteiger partial charge in [0.15, 0.2) is 0 Å². The van der Waals surface area contributed by atoms with Crippen molar-refractivity contribution in [3.63, 3.8) is 0 Å². The third-order valence-electron chi connectivity index (χ3n) is 2.38. The Bertz CT molecular complexity index is 531. The summed E-state index contributed by atoms with van der Waals surface area (Å²) in [6.07, 6.45) is 0. The van der Waals surface area contributed by atoms with Crippen molar-refractivity contribution in [3.8, 4) is 0 Å². The molecule has 2 aromatic rings. The van der Waals surface area contributed by atoms with Crippen LogP contribution in [0.15, 0.2) is 18.2 Å². The van der Waals surface area contributed by atoms with Gasteiger partial charge in [-0.15, -0.1) is 5.10 Å². The van der Waals surface area contributed by atoms with Crippen LogP contribution in [0.5, 0.6) is 0 Å². The molecule has 84 valence electrons. The number of benzene rings is 1. The number of hydrogen-bond acceptors (Lipinski definition) is 4. The van der Waals surface area contributed by atoms with Gasteiger partial charge in [0.1, 0.15) is 5.52 Å². The van der Waals surface area contributed by atoms with E-state index in [0.29, 0.717) is 11.1 Å². The van der Waals surface area contributed by atoms with E-state index in [4.69, 9.17) is 0 Å². The van der Waals surface area contributed by atoms with Crippen LogP contribution in [0.2, 0.25) is 0 Å². The number of methoxy groups -OCH3 is 1. The quantitative estimate of drug-likeness (QED) is 0.723. The zero-order chi connectivity index (χ0) is 11.7. The summed E-state index contributed by atoms with van der Waals surface area (Å²) in [6, 6.07) is 5.49. The van der Waals surface area contributed by atoms with Crippen LogP contribution >= 0.6 is 0 Å². The zero-order valence-electron chi connectivity index (χ0n) is 9.47. The van der Waals surface area contributed by atoms with Crippen LogP contribution in [-0.4, -0.2) is 28.1 Å². The second-order valence-corrected chi connectivity index (χ2v) is 3.82. The number of fused-ring (bicyclic) bond motifs is 1. The van der Waals surface area contributed by atoms with E-state index in [9.17, 15) is 4.79 Å². The molecule has 1 aromatic heterocycles. The predicted molar refractivity (Wildman–Crippen MR) is 59.3 cm³/mol. The van der Waals surface area contributed by atoms with E-state index in [1.807, 2.05) is 24.6 Å². The van der Waals surface area contributed by atoms with Crippen LogP contribution in [0.25, 0.3) is 11.0 Å². The first-order valence-corrected chi connectivity index (χ1v) is 5.06. The smallest absolute Gasteiger partial charge is 0.337 e. The fourth-order valence-electron chi connectivity index (χ4n) is 1.57. The SMILES string of the molecule is COC(=O)c1ccc2c(c1)nnn2C(C)C. The summed E-state index contributed by atoms with van der Waals surface area (Å²) in [4.78, 5) is 11.3. The summed E-state index contributed by atoms with van der Waals surface area (Å²) >= 11 is 0. The van der Waals surface area contributed by atoms with Crippen LogP contribution < -0.4 is 0 Å². The Morgan fingerprint density at radius 3 is 2.81 bits per heavy atom. The van der Waals surface area contributed by atoms with E-state index in [2.05, 4.69) is 15.0 Å². The molecule has 0 bridgehead atoms. The maximum atomic E-state index is 11.3. The molecule has 0 unspecified atom stereocenters. The van der Waals surface area contributed by atoms with E-state index in [1.165, 1.54) is 7.11 Å². The average molecular weight is 219 g/mol. The van der Waals surface area contributed by atoms with Gasteiger partial charge in [-0.25, -0.2) is 9.48 Å². The van der Waals surface area contributed by atoms with E-state index in [1.54, 1.807) is 12.1 Å². The molecule has 0 radical (unpaired) electrons. The predicted octanol–water partition coefficient (Wildman–Crippen LogP) is 1.80. The Kier molecular flexibility index (Phi) is 2.60. The first-order chi connectivity index (χ1) is 7.63. The summed E-state index contributed by atoms with van der Waals surface area (Å²) < 4.78 is 6.46. The maximum Gasteiger partial charge on any atom is 0.337 e. The van der Waals surface area contributed by atoms with Crippen LogP contribution in [0.4, 0.5) is 0 Å². The van der Waals surface area contributed by atoms with E-state index in [0.717, 1.165) is 5.52 Å². The fraction of sp³-hybridized carbons (Fsp3) is 0.364. The summed E-state index contributed by atoms with van der Waals surface area (Å²) in [6.45, 7) is 4.06. The third kappa shape index (κ3) is 1.64. The molecule has 0 spiro atoms. The monoisotopic (exact) mass is 219 g/mol. The first-order valence-electron chi connectivity index (χ1n) is 5.06. The van der Waals surface area contributed by atoms with Crippen molar-refractivity contribution >= 4 is 17.0 Å². The van der Waals surface area contributed by atoms with Crippen molar-refractivity contribution in [1.82, 2.24) is 15.0 Å². The summed E-state index contributed by atoms with van der Waals surface area (Å²) in [5.74, 6) is -0.360. The first kappa shape index (κ1) is 10.6. The molecule has 2 rings (SSSR count). The molecule has 5 nitrogen and oxygen atoms in total. The molecular weight excluding hydrogens is 206 g/mol. The highest BCUT2D eigenvalue weighted by molar-refractivity contribution is 5.93. The Balaban J connectivity index is 2.53. The lowest BCUT2D eigenvalue weighted by Gasteiger charge is -2.05. The topological polar surface area (TPSA) is 57.0 Å². The minimum Gasteiger partial charge on any atom is -0.465 e. The minimum atomic E-state index is -0.360. The van der Waals surface area contributed by atoms with Crippen molar-refractivity contribution in [2.24, 2.45) is 0 Å². The van der Waals surface area contributed by atoms with Gasteiger partial charge in [0.2, 0.25) is 0 Å². The molecule has 0 N–H and O–H groups in total. The fourth-order valence-corrected chi connectivity index (χ4v) is 1.57. The number of carbonyl (C=O) groups is 1. The maximum absolute atomic E-state index is 11.3. The average Bonchev–Trinajstić information content (AvgIpc) is 2.70. The highest BCUT2D eigenvalue weighted by Crippen LogP contribution is 2.17. The largest absolute Gasteiger partial charge is 0.465 e. The molecule has 0 amide bonds. The summed E-state index contributed by atoms with van der Waals surface area (Å²) in [5, 5.41) is 8.06. The third-order valence-corrected chi connectivity index (χ3v) is 2.38. The summed E-state index contributed by atoms with van der Waals surface area (Å²) in [7, 11) is 1.36. The highest BCUT2D eigenvalue weighted by atomic mass is 16.5. The van der Waals surface area contributed by atoms with Gasteiger partial charge in [0.25, 0.3) is 0 Å². The number of ether oxygens (including phenoxy) is 1. The van der Waals surface area contributed by atoms with Gasteiger partial charge in [0.05, 0.1) is 18.2 Å². The van der Waals surface area contributed by atoms with Gasteiger partial charge in [0, 0.05) is 6.04 Å². The van der Waals surface area contributed by atoms with Gasteiger partial charge in [-0.1, -0.05) is 5.21 Å². The van der Waals surface area contributed by atoms with Crippen LogP contribution in [0, 0.1) is 0 Å². The number of carbonyl (C=O) groups excluding carboxylic acids is 1. The van der Waals surface area contributed by atoms with Gasteiger partial charge >= 0.3 is 5.97 Å². The molecule has 0 aliphatic rings. The van der Waals surface area contributed by atoms with Crippen LogP contribution in [0.3, 0.4) is 0 Å². The number of nitrogens with zero attached hydrogens (tertiary/aromatic N) is 3. The molecule has 1 heterocycles. The Labute approximate surface area is 93.0 Å². The molecule has 0 aliphatic heterocycles. The lowest BCUT2D eigenvalue weighted by Crippen LogP contribution is -2.03. The van der Waals surface area contributed by atoms with Gasteiger partial charge in [-0.3, -0.25) is 0 Å². The Morgan fingerprint density at radius 1 is 1.44 bits per heavy atom. The Hall–Kier alpha value is -1.91. The second-order valence-electron chi connectivity index (χ2n) is 3.82. The molecule has 0 saturated heterocycles. The molecule has 5 heteroatoms. The Morgan fingerprint density at radius 2 is 2.19 bits per heavy atom. The number of aromatic nitrogens is 3. The molecule has 0 atom stereocenters.